The van der Waals surface area contributed by atoms with Crippen LogP contribution in [0.2, 0.25) is 5.02 Å². The fourth-order valence-electron chi connectivity index (χ4n) is 7.26. The van der Waals surface area contributed by atoms with Gasteiger partial charge in [0.1, 0.15) is 42.6 Å². The number of amides is 3. The highest BCUT2D eigenvalue weighted by Crippen LogP contribution is 2.45. The Labute approximate surface area is 300 Å². The Kier molecular flexibility index (Phi) is 9.76. The number of ether oxygens (including phenoxy) is 1. The number of rotatable bonds is 9. The molecule has 0 bridgehead atoms. The highest BCUT2D eigenvalue weighted by molar-refractivity contribution is 6.31. The van der Waals surface area contributed by atoms with Gasteiger partial charge in [-0.15, -0.1) is 0 Å². The summed E-state index contributed by atoms with van der Waals surface area (Å²) >= 11 is 6.58. The molecular formula is C41H37ClN2O7. The van der Waals surface area contributed by atoms with E-state index < -0.39 is 48.7 Å². The van der Waals surface area contributed by atoms with Crippen LogP contribution in [0.4, 0.5) is 10.5 Å². The van der Waals surface area contributed by atoms with E-state index in [4.69, 9.17) is 16.3 Å². The second kappa shape index (κ2) is 14.4. The second-order valence-electron chi connectivity index (χ2n) is 12.8. The number of imide groups is 1. The lowest BCUT2D eigenvalue weighted by Gasteiger charge is -2.42. The summed E-state index contributed by atoms with van der Waals surface area (Å²) in [6.07, 6.45) is -6.00. The lowest BCUT2D eigenvalue weighted by atomic mass is 9.75. The number of aliphatic hydroxyl groups excluding tert-OH is 4. The Balaban J connectivity index is 1.18. The Morgan fingerprint density at radius 1 is 0.706 bits per heavy atom. The summed E-state index contributed by atoms with van der Waals surface area (Å²) in [5.41, 5.74) is 3.80. The third-order valence-corrected chi connectivity index (χ3v) is 10.2. The molecule has 9 nitrogen and oxygen atoms in total. The van der Waals surface area contributed by atoms with E-state index in [1.165, 1.54) is 9.80 Å². The van der Waals surface area contributed by atoms with Gasteiger partial charge in [0.2, 0.25) is 0 Å². The zero-order chi connectivity index (χ0) is 35.7. The van der Waals surface area contributed by atoms with Crippen molar-refractivity contribution in [2.24, 2.45) is 0 Å². The maximum atomic E-state index is 14.5. The Hall–Kier alpha value is -4.87. The highest BCUT2D eigenvalue weighted by atomic mass is 35.5. The van der Waals surface area contributed by atoms with Crippen molar-refractivity contribution in [3.05, 3.63) is 172 Å². The van der Waals surface area contributed by atoms with Crippen molar-refractivity contribution in [3.63, 3.8) is 0 Å². The van der Waals surface area contributed by atoms with Crippen LogP contribution >= 0.6 is 11.6 Å². The van der Waals surface area contributed by atoms with Crippen molar-refractivity contribution in [1.82, 2.24) is 4.90 Å². The number of benzene rings is 5. The first-order valence-electron chi connectivity index (χ1n) is 16.7. The normalized spacial score (nSPS) is 22.4. The van der Waals surface area contributed by atoms with Crippen LogP contribution in [0.1, 0.15) is 39.5 Å². The quantitative estimate of drug-likeness (QED) is 0.123. The Bertz CT molecular complexity index is 1900. The van der Waals surface area contributed by atoms with Crippen molar-refractivity contribution >= 4 is 29.2 Å². The molecule has 0 saturated carbocycles. The van der Waals surface area contributed by atoms with Crippen LogP contribution in [-0.2, 0) is 21.5 Å². The zero-order valence-corrected chi connectivity index (χ0v) is 28.3. The largest absolute Gasteiger partial charge is 0.394 e. The van der Waals surface area contributed by atoms with Gasteiger partial charge in [0, 0.05) is 10.7 Å². The first-order valence-corrected chi connectivity index (χ1v) is 17.1. The molecule has 5 aromatic carbocycles. The molecule has 0 radical (unpaired) electrons. The van der Waals surface area contributed by atoms with Crippen LogP contribution in [0.25, 0.3) is 0 Å². The lowest BCUT2D eigenvalue weighted by Crippen LogP contribution is -2.55. The molecule has 2 heterocycles. The average molecular weight is 705 g/mol. The van der Waals surface area contributed by atoms with Gasteiger partial charge in [0.25, 0.3) is 5.91 Å². The molecule has 5 aromatic rings. The number of urea groups is 1. The van der Waals surface area contributed by atoms with Gasteiger partial charge in [-0.2, -0.15) is 0 Å². The topological polar surface area (TPSA) is 131 Å². The first kappa shape index (κ1) is 34.6. The van der Waals surface area contributed by atoms with E-state index >= 15 is 0 Å². The van der Waals surface area contributed by atoms with Crippen LogP contribution in [-0.4, -0.2) is 74.8 Å². The third kappa shape index (κ3) is 6.22. The van der Waals surface area contributed by atoms with Gasteiger partial charge in [0.05, 0.1) is 6.61 Å². The van der Waals surface area contributed by atoms with E-state index in [2.05, 4.69) is 0 Å². The minimum Gasteiger partial charge on any atom is -0.394 e. The molecule has 3 amide bonds. The fraction of sp³-hybridized carbons (Fsp3) is 0.220. The van der Waals surface area contributed by atoms with Crippen LogP contribution in [0.3, 0.4) is 0 Å². The molecular weight excluding hydrogens is 668 g/mol. The Morgan fingerprint density at radius 3 is 1.78 bits per heavy atom. The maximum absolute atomic E-state index is 14.5. The van der Waals surface area contributed by atoms with Gasteiger partial charge in [-0.05, 0) is 58.0 Å². The van der Waals surface area contributed by atoms with Gasteiger partial charge in [0.15, 0.2) is 0 Å². The number of anilines is 1. The minimum atomic E-state index is -1.50. The average Bonchev–Trinajstić information content (AvgIpc) is 3.47. The van der Waals surface area contributed by atoms with Gasteiger partial charge < -0.3 is 25.2 Å². The summed E-state index contributed by atoms with van der Waals surface area (Å²) in [5, 5.41) is 41.3. The van der Waals surface area contributed by atoms with Gasteiger partial charge in [-0.25, -0.2) is 9.69 Å². The number of carbonyl (C=O) groups is 2. The lowest BCUT2D eigenvalue weighted by molar-refractivity contribution is -0.231. The summed E-state index contributed by atoms with van der Waals surface area (Å²) in [5.74, 6) is -0.336. The van der Waals surface area contributed by atoms with E-state index in [1.807, 2.05) is 103 Å². The van der Waals surface area contributed by atoms with Gasteiger partial charge >= 0.3 is 6.03 Å². The molecule has 2 fully saturated rings. The zero-order valence-electron chi connectivity index (χ0n) is 27.5. The standard InChI is InChI=1S/C41H37ClN2O7/c42-33-21-18-27(39-38(49)37(48)36(47)34(25-45)51-39)23-28(33)22-26-16-19-32(20-17-26)43-24-35(46)44(40(43)50)41(29-10-4-1-5-11-29,30-12-6-2-7-13-30)31-14-8-3-9-15-31/h1-21,23,34,36-39,45,47-49H,22,24-25H2/t34-,36-,37+,38+,39+/m1/s1. The molecule has 5 atom stereocenters. The van der Waals surface area contributed by atoms with Crippen molar-refractivity contribution < 1.29 is 34.8 Å². The van der Waals surface area contributed by atoms with E-state index in [-0.39, 0.29) is 12.5 Å². The number of hydrogen-bond donors (Lipinski definition) is 4. The van der Waals surface area contributed by atoms with Crippen molar-refractivity contribution in [2.45, 2.75) is 42.5 Å². The van der Waals surface area contributed by atoms with Crippen LogP contribution in [0, 0.1) is 0 Å². The Morgan fingerprint density at radius 2 is 1.25 bits per heavy atom. The van der Waals surface area contributed by atoms with E-state index in [0.717, 1.165) is 27.8 Å². The molecule has 10 heteroatoms. The summed E-state index contributed by atoms with van der Waals surface area (Å²) in [6.45, 7) is -0.664. The molecule has 0 unspecified atom stereocenters. The van der Waals surface area contributed by atoms with Crippen LogP contribution < -0.4 is 4.90 Å². The van der Waals surface area contributed by atoms with Crippen LogP contribution in [0.15, 0.2) is 133 Å². The molecule has 2 aliphatic rings. The number of aliphatic hydroxyl groups is 4. The van der Waals surface area contributed by atoms with E-state index in [9.17, 15) is 30.0 Å². The maximum Gasteiger partial charge on any atom is 0.333 e. The molecule has 0 aromatic heterocycles. The van der Waals surface area contributed by atoms with Crippen molar-refractivity contribution in [1.29, 1.82) is 0 Å². The molecule has 2 saturated heterocycles. The smallest absolute Gasteiger partial charge is 0.333 e. The summed E-state index contributed by atoms with van der Waals surface area (Å²) in [4.78, 5) is 31.5. The molecule has 2 aliphatic heterocycles. The summed E-state index contributed by atoms with van der Waals surface area (Å²) in [7, 11) is 0. The number of halogens is 1. The predicted molar refractivity (Wildman–Crippen MR) is 192 cm³/mol. The van der Waals surface area contributed by atoms with E-state index in [0.29, 0.717) is 22.7 Å². The molecule has 0 spiro atoms. The minimum absolute atomic E-state index is 0.139. The molecule has 4 N–H and O–H groups in total. The van der Waals surface area contributed by atoms with Crippen molar-refractivity contribution in [2.75, 3.05) is 18.1 Å². The monoisotopic (exact) mass is 704 g/mol. The molecule has 7 rings (SSSR count). The van der Waals surface area contributed by atoms with E-state index in [1.54, 1.807) is 30.3 Å². The van der Waals surface area contributed by atoms with Gasteiger partial charge in [-0.1, -0.05) is 127 Å². The first-order chi connectivity index (χ1) is 24.7. The fourth-order valence-corrected chi connectivity index (χ4v) is 7.44. The van der Waals surface area contributed by atoms with Crippen molar-refractivity contribution in [3.8, 4) is 0 Å². The SMILES string of the molecule is O=C1CN(c2ccc(Cc3cc([C@@H]4O[C@H](CO)[C@@H](O)[C@H](O)[C@@H]4O)ccc3Cl)cc2)C(=O)N1C(c1ccccc1)(c1ccccc1)c1ccccc1. The summed E-state index contributed by atoms with van der Waals surface area (Å²) < 4.78 is 5.75. The number of nitrogens with zero attached hydrogens (tertiary/aromatic N) is 2. The number of hydrogen-bond acceptors (Lipinski definition) is 7. The molecule has 51 heavy (non-hydrogen) atoms. The number of carbonyl (C=O) groups excluding carboxylic acids is 2. The molecule has 0 aliphatic carbocycles. The predicted octanol–water partition coefficient (Wildman–Crippen LogP) is 5.21. The second-order valence-corrected chi connectivity index (χ2v) is 13.3. The summed E-state index contributed by atoms with van der Waals surface area (Å²) in [6, 6.07) is 40.8. The highest BCUT2D eigenvalue weighted by Gasteiger charge is 2.53. The van der Waals surface area contributed by atoms with Crippen LogP contribution in [0.5, 0.6) is 0 Å². The molecule has 260 valence electrons. The van der Waals surface area contributed by atoms with Gasteiger partial charge in [-0.3, -0.25) is 9.69 Å². The third-order valence-electron chi connectivity index (χ3n) is 9.81.